The van der Waals surface area contributed by atoms with Gasteiger partial charge in [-0.25, -0.2) is 0 Å². The quantitative estimate of drug-likeness (QED) is 0.437. The highest BCUT2D eigenvalue weighted by molar-refractivity contribution is 6.33. The Labute approximate surface area is 47.7 Å². The third-order valence-corrected chi connectivity index (χ3v) is 2.00. The molecule has 0 aliphatic heterocycles. The van der Waals surface area contributed by atoms with Crippen LogP contribution < -0.4 is 0 Å². The summed E-state index contributed by atoms with van der Waals surface area (Å²) >= 11 is 5.50. The van der Waals surface area contributed by atoms with Crippen molar-refractivity contribution >= 4 is 17.4 Å². The van der Waals surface area contributed by atoms with Gasteiger partial charge in [-0.2, -0.15) is 0 Å². The summed E-state index contributed by atoms with van der Waals surface area (Å²) in [5.74, 6) is 0.628. The first kappa shape index (κ1) is 5.10. The maximum Gasteiger partial charge on any atom is 0.151 e. The Bertz CT molecular complexity index is 100. The third-order valence-electron chi connectivity index (χ3n) is 1.33. The molecule has 40 valence electrons. The maximum atomic E-state index is 10.3. The molecule has 0 spiro atoms. The molecule has 0 aromatic rings. The van der Waals surface area contributed by atoms with Crippen molar-refractivity contribution in [2.45, 2.75) is 18.7 Å². The molecular weight excluding hydrogens is 112 g/mol. The number of halogens is 1. The van der Waals surface area contributed by atoms with Gasteiger partial charge in [-0.1, -0.05) is 6.92 Å². The van der Waals surface area contributed by atoms with E-state index in [1.54, 1.807) is 0 Å². The highest BCUT2D eigenvalue weighted by Crippen LogP contribution is 2.27. The maximum absolute atomic E-state index is 10.3. The molecule has 0 bridgehead atoms. The Kier molecular flexibility index (Phi) is 1.08. The zero-order valence-corrected chi connectivity index (χ0v) is 4.90. The van der Waals surface area contributed by atoms with E-state index >= 15 is 0 Å². The van der Waals surface area contributed by atoms with Crippen LogP contribution in [0.4, 0.5) is 0 Å². The molecule has 0 unspecified atom stereocenters. The van der Waals surface area contributed by atoms with Crippen LogP contribution in [0.5, 0.6) is 0 Å². The summed E-state index contributed by atoms with van der Waals surface area (Å²) < 4.78 is 0. The normalized spacial score (nSPS) is 40.6. The third kappa shape index (κ3) is 0.653. The van der Waals surface area contributed by atoms with E-state index in [4.69, 9.17) is 11.6 Å². The first-order valence-corrected chi connectivity index (χ1v) is 2.82. The first-order chi connectivity index (χ1) is 3.22. The zero-order valence-electron chi connectivity index (χ0n) is 4.15. The SMILES string of the molecule is C[C@@H]1CC(=O)[C@@H]1Cl. The molecule has 1 rings (SSSR count). The largest absolute Gasteiger partial charge is 0.298 e. The van der Waals surface area contributed by atoms with E-state index < -0.39 is 0 Å². The van der Waals surface area contributed by atoms with Crippen LogP contribution >= 0.6 is 11.6 Å². The van der Waals surface area contributed by atoms with Gasteiger partial charge in [0, 0.05) is 6.42 Å². The van der Waals surface area contributed by atoms with E-state index in [2.05, 4.69) is 0 Å². The lowest BCUT2D eigenvalue weighted by atomic mass is 9.85. The van der Waals surface area contributed by atoms with Crippen LogP contribution in [0.15, 0.2) is 0 Å². The lowest BCUT2D eigenvalue weighted by Gasteiger charge is -2.25. The lowest BCUT2D eigenvalue weighted by Crippen LogP contribution is -2.35. The van der Waals surface area contributed by atoms with E-state index in [1.807, 2.05) is 6.92 Å². The summed E-state index contributed by atoms with van der Waals surface area (Å²) in [5.41, 5.74) is 0. The summed E-state index contributed by atoms with van der Waals surface area (Å²) in [4.78, 5) is 10.3. The highest BCUT2D eigenvalue weighted by atomic mass is 35.5. The molecule has 0 radical (unpaired) electrons. The fraction of sp³-hybridized carbons (Fsp3) is 0.800. The Hall–Kier alpha value is -0.0400. The molecule has 1 aliphatic rings. The van der Waals surface area contributed by atoms with Gasteiger partial charge in [0.15, 0.2) is 5.78 Å². The summed E-state index contributed by atoms with van der Waals surface area (Å²) in [7, 11) is 0. The predicted molar refractivity (Wildman–Crippen MR) is 28.4 cm³/mol. The number of Topliss-reactive ketones (excluding diaryl/α,β-unsaturated/α-hetero) is 1. The fourth-order valence-corrected chi connectivity index (χ4v) is 0.868. The average molecular weight is 119 g/mol. The van der Waals surface area contributed by atoms with Gasteiger partial charge in [-0.15, -0.1) is 11.6 Å². The monoisotopic (exact) mass is 118 g/mol. The molecule has 7 heavy (non-hydrogen) atoms. The number of carbonyl (C=O) groups excluding carboxylic acids is 1. The summed E-state index contributed by atoms with van der Waals surface area (Å²) in [6.07, 6.45) is 0.689. The van der Waals surface area contributed by atoms with Crippen molar-refractivity contribution in [1.82, 2.24) is 0 Å². The van der Waals surface area contributed by atoms with Crippen LogP contribution in [0.3, 0.4) is 0 Å². The molecule has 0 heterocycles. The average Bonchev–Trinajstić information content (AvgIpc) is 1.68. The lowest BCUT2D eigenvalue weighted by molar-refractivity contribution is -0.125. The number of carbonyl (C=O) groups is 1. The van der Waals surface area contributed by atoms with Gasteiger partial charge < -0.3 is 0 Å². The molecular formula is C5H7ClO. The van der Waals surface area contributed by atoms with Crippen LogP contribution in [0, 0.1) is 5.92 Å². The van der Waals surface area contributed by atoms with Crippen molar-refractivity contribution in [3.63, 3.8) is 0 Å². The van der Waals surface area contributed by atoms with Crippen molar-refractivity contribution in [3.05, 3.63) is 0 Å². The van der Waals surface area contributed by atoms with Crippen LogP contribution in [0.1, 0.15) is 13.3 Å². The van der Waals surface area contributed by atoms with Crippen molar-refractivity contribution in [2.75, 3.05) is 0 Å². The molecule has 1 saturated carbocycles. The van der Waals surface area contributed by atoms with Gasteiger partial charge in [0.25, 0.3) is 0 Å². The van der Waals surface area contributed by atoms with E-state index in [-0.39, 0.29) is 11.2 Å². The zero-order chi connectivity index (χ0) is 5.44. The predicted octanol–water partition coefficient (Wildman–Crippen LogP) is 1.20. The van der Waals surface area contributed by atoms with E-state index in [9.17, 15) is 4.79 Å². The summed E-state index contributed by atoms with van der Waals surface area (Å²) in [6.45, 7) is 1.99. The van der Waals surface area contributed by atoms with Crippen molar-refractivity contribution in [3.8, 4) is 0 Å². The van der Waals surface area contributed by atoms with Gasteiger partial charge >= 0.3 is 0 Å². The van der Waals surface area contributed by atoms with Crippen LogP contribution in [-0.4, -0.2) is 11.2 Å². The van der Waals surface area contributed by atoms with Crippen LogP contribution in [-0.2, 0) is 4.79 Å². The molecule has 2 atom stereocenters. The van der Waals surface area contributed by atoms with Gasteiger partial charge in [0.05, 0.1) is 5.38 Å². The molecule has 2 heteroatoms. The molecule has 1 nitrogen and oxygen atoms in total. The van der Waals surface area contributed by atoms with Crippen LogP contribution in [0.25, 0.3) is 0 Å². The molecule has 0 aromatic carbocycles. The molecule has 0 aromatic heterocycles. The van der Waals surface area contributed by atoms with E-state index in [0.29, 0.717) is 12.3 Å². The number of hydrogen-bond acceptors (Lipinski definition) is 1. The van der Waals surface area contributed by atoms with Gasteiger partial charge in [0.1, 0.15) is 0 Å². The standard InChI is InChI=1S/C5H7ClO/c1-3-2-4(7)5(3)6/h3,5H,2H2,1H3/t3-,5-/m1/s1. The Morgan fingerprint density at radius 3 is 2.43 bits per heavy atom. The number of alkyl halides is 1. The Morgan fingerprint density at radius 2 is 2.43 bits per heavy atom. The Balaban J connectivity index is 2.43. The number of ketones is 1. The number of rotatable bonds is 0. The minimum Gasteiger partial charge on any atom is -0.298 e. The second-order valence-corrected chi connectivity index (χ2v) is 2.52. The van der Waals surface area contributed by atoms with Crippen LogP contribution in [0.2, 0.25) is 0 Å². The minimum atomic E-state index is -0.167. The molecule has 0 saturated heterocycles. The van der Waals surface area contributed by atoms with Gasteiger partial charge in [-0.05, 0) is 5.92 Å². The number of hydrogen-bond donors (Lipinski definition) is 0. The molecule has 1 fully saturated rings. The summed E-state index contributed by atoms with van der Waals surface area (Å²) in [5, 5.41) is -0.167. The van der Waals surface area contributed by atoms with Crippen molar-refractivity contribution in [1.29, 1.82) is 0 Å². The van der Waals surface area contributed by atoms with Gasteiger partial charge in [0.2, 0.25) is 0 Å². The first-order valence-electron chi connectivity index (χ1n) is 2.38. The summed E-state index contributed by atoms with van der Waals surface area (Å²) in [6, 6.07) is 0. The van der Waals surface area contributed by atoms with E-state index in [1.165, 1.54) is 0 Å². The van der Waals surface area contributed by atoms with Crippen molar-refractivity contribution < 1.29 is 4.79 Å². The Morgan fingerprint density at radius 1 is 1.86 bits per heavy atom. The molecule has 0 amide bonds. The topological polar surface area (TPSA) is 17.1 Å². The van der Waals surface area contributed by atoms with Crippen molar-refractivity contribution in [2.24, 2.45) is 5.92 Å². The highest BCUT2D eigenvalue weighted by Gasteiger charge is 2.33. The van der Waals surface area contributed by atoms with E-state index in [0.717, 1.165) is 0 Å². The fourth-order valence-electron chi connectivity index (χ4n) is 0.690. The van der Waals surface area contributed by atoms with Gasteiger partial charge in [-0.3, -0.25) is 4.79 Å². The smallest absolute Gasteiger partial charge is 0.151 e. The second-order valence-electron chi connectivity index (χ2n) is 2.05. The molecule has 0 N–H and O–H groups in total. The second kappa shape index (κ2) is 1.48. The molecule has 1 aliphatic carbocycles. The minimum absolute atomic E-state index is 0.167.